The van der Waals surface area contributed by atoms with Crippen LogP contribution in [0.5, 0.6) is 0 Å². The maximum absolute atomic E-state index is 15.0. The highest BCUT2D eigenvalue weighted by atomic mass is 31.2. The number of esters is 1. The zero-order valence-corrected chi connectivity index (χ0v) is 49.1. The molecule has 2 aromatic carbocycles. The molecule has 2 N–H and O–H groups in total. The molecular weight excluding hydrogens is 1030 g/mol. The monoisotopic (exact) mass is 1110 g/mol. The third-order valence-corrected chi connectivity index (χ3v) is 19.5. The van der Waals surface area contributed by atoms with E-state index in [0.29, 0.717) is 80.4 Å². The van der Waals surface area contributed by atoms with Gasteiger partial charge in [-0.15, -0.1) is 0 Å². The summed E-state index contributed by atoms with van der Waals surface area (Å²) >= 11 is 0. The number of carbonyl (C=O) groups is 5. The lowest BCUT2D eigenvalue weighted by Gasteiger charge is -2.42. The molecule has 15 atom stereocenters. The van der Waals surface area contributed by atoms with Crippen LogP contribution in [0.1, 0.15) is 126 Å². The summed E-state index contributed by atoms with van der Waals surface area (Å²) < 4.78 is 51.9. The average Bonchev–Trinajstić information content (AvgIpc) is 3.46. The minimum atomic E-state index is -3.55. The van der Waals surface area contributed by atoms with Gasteiger partial charge in [0.05, 0.1) is 30.5 Å². The van der Waals surface area contributed by atoms with Crippen LogP contribution in [0.3, 0.4) is 0 Å². The highest BCUT2D eigenvalue weighted by molar-refractivity contribution is 7.74. The first-order valence-electron chi connectivity index (χ1n) is 28.5. The average molecular weight is 1110 g/mol. The lowest BCUT2D eigenvalue weighted by atomic mass is 9.78. The number of benzene rings is 2. The number of rotatable bonds is 10. The molecule has 1 amide bonds. The number of methoxy groups -OCH3 is 3. The predicted octanol–water partition coefficient (Wildman–Crippen LogP) is 9.13. The molecule has 15 nitrogen and oxygen atoms in total. The van der Waals surface area contributed by atoms with Crippen molar-refractivity contribution in [2.75, 3.05) is 27.9 Å². The number of cyclic esters (lactones) is 1. The SMILES string of the molecule is CO[C@H]1C[C@@H]2CC[C@@H](C)[C@@](O)(O2)C(=O)C(=O)N2CCCCC2C(=O)O[C@H]([C@H](C)C[C@@H]2CC[C@@H](OP(=O)(c3ccccc3)c3ccccc3)[C@H](OC)C2)CC(=O)C(C)=CC(C)[C@@H](O)[C@@H](OC)C(=O)[C@H](C)C[C@H](C)C=CC=CC=C1C. The number of piperidine rings is 1. The standard InChI is InChI=1S/C63H88NO14P/c1-40-22-14-11-15-23-41(2)54(73-8)38-48-31-29-46(7)63(71,77-48)60(68)61(69)64-33-21-20-28-51(64)62(70)76-55(39-52(65)42(3)35-45(6)58(67)59(75-10)57(66)44(5)34-40)43(4)36-47-30-32-53(56(37-47)74-9)78-79(72,49-24-16-12-17-25-49)50-26-18-13-19-27-50/h11-19,22-27,35,40,43-48,51,53-56,58-59,67,71H,20-21,28-34,36-39H2,1-10H3/t40-,43-,44-,45?,46-,47+,48+,51?,53-,54+,55+,56-,58-,59+,63-/m1/s1. The van der Waals surface area contributed by atoms with E-state index in [4.69, 9.17) is 28.2 Å². The molecule has 6 rings (SSSR count). The summed E-state index contributed by atoms with van der Waals surface area (Å²) in [7, 11) is 1.02. The molecule has 434 valence electrons. The second-order valence-electron chi connectivity index (χ2n) is 22.9. The number of fused-ring (bicyclic) bond motifs is 3. The van der Waals surface area contributed by atoms with Gasteiger partial charge in [0.15, 0.2) is 11.6 Å². The minimum absolute atomic E-state index is 0.00302. The Morgan fingerprint density at radius 3 is 2.09 bits per heavy atom. The number of ether oxygens (including phenoxy) is 5. The van der Waals surface area contributed by atoms with Gasteiger partial charge < -0.3 is 43.3 Å². The number of hydrogen-bond donors (Lipinski definition) is 2. The van der Waals surface area contributed by atoms with Gasteiger partial charge in [-0.2, -0.15) is 0 Å². The molecule has 2 saturated heterocycles. The van der Waals surface area contributed by atoms with Crippen molar-refractivity contribution in [1.82, 2.24) is 4.90 Å². The molecule has 2 bridgehead atoms. The number of Topliss-reactive ketones (excluding diaryl/α,β-unsaturated/α-hetero) is 3. The highest BCUT2D eigenvalue weighted by Gasteiger charge is 2.53. The Hall–Kier alpha value is -4.70. The zero-order valence-electron chi connectivity index (χ0n) is 48.2. The molecule has 2 aromatic rings. The van der Waals surface area contributed by atoms with Crippen molar-refractivity contribution in [3.8, 4) is 0 Å². The number of carbonyl (C=O) groups excluding carboxylic acids is 5. The smallest absolute Gasteiger partial charge is 0.329 e. The van der Waals surface area contributed by atoms with Crippen LogP contribution in [-0.2, 0) is 56.7 Å². The fourth-order valence-corrected chi connectivity index (χ4v) is 14.2. The molecule has 0 radical (unpaired) electrons. The van der Waals surface area contributed by atoms with Crippen LogP contribution in [0.2, 0.25) is 0 Å². The van der Waals surface area contributed by atoms with Gasteiger partial charge in [-0.3, -0.25) is 23.7 Å². The van der Waals surface area contributed by atoms with Crippen LogP contribution < -0.4 is 10.6 Å². The van der Waals surface area contributed by atoms with Crippen molar-refractivity contribution in [3.63, 3.8) is 0 Å². The predicted molar refractivity (Wildman–Crippen MR) is 304 cm³/mol. The summed E-state index contributed by atoms with van der Waals surface area (Å²) in [5.74, 6) is -8.33. The van der Waals surface area contributed by atoms with Crippen LogP contribution in [0.25, 0.3) is 0 Å². The van der Waals surface area contributed by atoms with E-state index in [0.717, 1.165) is 5.57 Å². The molecule has 0 aromatic heterocycles. The Labute approximate surface area is 469 Å². The first-order valence-corrected chi connectivity index (χ1v) is 30.2. The largest absolute Gasteiger partial charge is 0.460 e. The first kappa shape index (κ1) is 63.5. The van der Waals surface area contributed by atoms with Crippen molar-refractivity contribution in [1.29, 1.82) is 0 Å². The number of hydrogen-bond acceptors (Lipinski definition) is 14. The molecule has 2 unspecified atom stereocenters. The van der Waals surface area contributed by atoms with Crippen molar-refractivity contribution >= 4 is 47.2 Å². The third-order valence-electron chi connectivity index (χ3n) is 16.9. The Morgan fingerprint density at radius 1 is 0.785 bits per heavy atom. The van der Waals surface area contributed by atoms with Crippen molar-refractivity contribution in [2.45, 2.75) is 180 Å². The molecule has 16 heteroatoms. The number of ketones is 3. The lowest BCUT2D eigenvalue weighted by molar-refractivity contribution is -0.265. The van der Waals surface area contributed by atoms with Crippen LogP contribution in [0, 0.1) is 35.5 Å². The maximum Gasteiger partial charge on any atom is 0.329 e. The Bertz CT molecular complexity index is 2500. The van der Waals surface area contributed by atoms with Gasteiger partial charge >= 0.3 is 5.97 Å². The van der Waals surface area contributed by atoms with E-state index in [1.165, 1.54) is 12.0 Å². The van der Waals surface area contributed by atoms with Crippen molar-refractivity contribution < 1.29 is 67.0 Å². The summed E-state index contributed by atoms with van der Waals surface area (Å²) in [5, 5.41) is 24.9. The third kappa shape index (κ3) is 16.1. The van der Waals surface area contributed by atoms with E-state index in [1.54, 1.807) is 41.1 Å². The summed E-state index contributed by atoms with van der Waals surface area (Å²) in [5.41, 5.74) is 1.16. The molecule has 0 spiro atoms. The second kappa shape index (κ2) is 29.3. The fraction of sp³-hybridized carbons (Fsp3) is 0.603. The van der Waals surface area contributed by atoms with Gasteiger partial charge in [0, 0.05) is 69.1 Å². The highest BCUT2D eigenvalue weighted by Crippen LogP contribution is 2.49. The molecule has 1 aliphatic carbocycles. The van der Waals surface area contributed by atoms with E-state index < -0.39 is 103 Å². The van der Waals surface area contributed by atoms with Crippen LogP contribution in [0.15, 0.2) is 108 Å². The van der Waals surface area contributed by atoms with Crippen LogP contribution >= 0.6 is 7.37 Å². The first-order chi connectivity index (χ1) is 37.6. The molecule has 3 aliphatic heterocycles. The summed E-state index contributed by atoms with van der Waals surface area (Å²) in [6, 6.07) is 17.2. The van der Waals surface area contributed by atoms with E-state index in [1.807, 2.05) is 119 Å². The van der Waals surface area contributed by atoms with Gasteiger partial charge in [-0.25, -0.2) is 4.79 Å². The Kier molecular flexibility index (Phi) is 23.6. The van der Waals surface area contributed by atoms with E-state index in [-0.39, 0.29) is 42.8 Å². The van der Waals surface area contributed by atoms with Crippen molar-refractivity contribution in [3.05, 3.63) is 108 Å². The fourth-order valence-electron chi connectivity index (χ4n) is 11.9. The van der Waals surface area contributed by atoms with Crippen LogP contribution in [0.4, 0.5) is 0 Å². The number of allylic oxidation sites excluding steroid dienone is 6. The van der Waals surface area contributed by atoms with E-state index in [2.05, 4.69) is 0 Å². The molecule has 3 heterocycles. The summed E-state index contributed by atoms with van der Waals surface area (Å²) in [6.07, 6.45) is 10.7. The maximum atomic E-state index is 15.0. The Morgan fingerprint density at radius 2 is 1.46 bits per heavy atom. The van der Waals surface area contributed by atoms with Crippen LogP contribution in [-0.4, -0.2) is 127 Å². The van der Waals surface area contributed by atoms with Gasteiger partial charge in [0.2, 0.25) is 5.79 Å². The normalized spacial score (nSPS) is 33.3. The number of aliphatic hydroxyl groups excluding tert-OH is 1. The van der Waals surface area contributed by atoms with Gasteiger partial charge in [0.1, 0.15) is 18.2 Å². The molecule has 3 fully saturated rings. The minimum Gasteiger partial charge on any atom is -0.460 e. The van der Waals surface area contributed by atoms with Gasteiger partial charge in [-0.05, 0) is 131 Å². The molecule has 79 heavy (non-hydrogen) atoms. The Balaban J connectivity index is 1.29. The molecular formula is C63H88NO14P. The van der Waals surface area contributed by atoms with E-state index >= 15 is 0 Å². The number of aliphatic hydroxyl groups is 2. The van der Waals surface area contributed by atoms with Gasteiger partial charge in [-0.1, -0.05) is 107 Å². The number of nitrogens with zero attached hydrogens (tertiary/aromatic N) is 1. The summed E-state index contributed by atoms with van der Waals surface area (Å²) in [6.45, 7) is 12.7. The number of amides is 1. The summed E-state index contributed by atoms with van der Waals surface area (Å²) in [4.78, 5) is 73.1. The lowest BCUT2D eigenvalue weighted by Crippen LogP contribution is -2.61. The zero-order chi connectivity index (χ0) is 57.6. The second-order valence-corrected chi connectivity index (χ2v) is 25.2. The topological polar surface area (TPSA) is 201 Å². The van der Waals surface area contributed by atoms with Gasteiger partial charge in [0.25, 0.3) is 19.1 Å². The molecule has 1 saturated carbocycles. The molecule has 4 aliphatic rings. The quantitative estimate of drug-likeness (QED) is 0.130. The van der Waals surface area contributed by atoms with Crippen molar-refractivity contribution in [2.24, 2.45) is 35.5 Å². The van der Waals surface area contributed by atoms with E-state index in [9.17, 15) is 38.8 Å².